The summed E-state index contributed by atoms with van der Waals surface area (Å²) in [6, 6.07) is 5.70. The number of benzene rings is 2. The second-order valence-electron chi connectivity index (χ2n) is 12.4. The van der Waals surface area contributed by atoms with Crippen LogP contribution in [-0.4, -0.2) is 56.1 Å². The molecule has 0 bridgehead atoms. The van der Waals surface area contributed by atoms with Crippen molar-refractivity contribution in [2.75, 3.05) is 29.5 Å². The lowest BCUT2D eigenvalue weighted by Crippen LogP contribution is -2.34. The average molecular weight is 705 g/mol. The molecule has 48 heavy (non-hydrogen) atoms. The smallest absolute Gasteiger partial charge is 0.416 e. The van der Waals surface area contributed by atoms with Crippen LogP contribution in [0.4, 0.5) is 38.0 Å². The van der Waals surface area contributed by atoms with Gasteiger partial charge < -0.3 is 20.0 Å². The summed E-state index contributed by atoms with van der Waals surface area (Å²) in [7, 11) is 0. The van der Waals surface area contributed by atoms with Gasteiger partial charge in [-0.05, 0) is 110 Å². The van der Waals surface area contributed by atoms with Crippen molar-refractivity contribution in [3.05, 3.63) is 63.7 Å². The van der Waals surface area contributed by atoms with Gasteiger partial charge in [-0.2, -0.15) is 31.1 Å². The fourth-order valence-electron chi connectivity index (χ4n) is 6.66. The number of hydrogen-bond donors (Lipinski definition) is 2. The number of carbonyl (C=O) groups is 1. The van der Waals surface area contributed by atoms with E-state index in [1.165, 1.54) is 10.5 Å². The van der Waals surface area contributed by atoms with Gasteiger partial charge in [0.1, 0.15) is 0 Å². The highest BCUT2D eigenvalue weighted by Gasteiger charge is 2.37. The number of aliphatic hydroxyl groups is 1. The molecule has 0 radical (unpaired) electrons. The van der Waals surface area contributed by atoms with Crippen molar-refractivity contribution in [3.8, 4) is 0 Å². The third kappa shape index (κ3) is 8.90. The summed E-state index contributed by atoms with van der Waals surface area (Å²) in [6.45, 7) is 2.72. The number of tetrazole rings is 1. The Bertz CT molecular complexity index is 1530. The number of aliphatic carboxylic acids is 1. The largest absolute Gasteiger partial charge is 0.481 e. The Morgan fingerprint density at radius 1 is 0.917 bits per heavy atom. The fourth-order valence-corrected chi connectivity index (χ4v) is 6.66. The zero-order valence-electron chi connectivity index (χ0n) is 26.4. The molecule has 2 aromatic carbocycles. The summed E-state index contributed by atoms with van der Waals surface area (Å²) in [5, 5.41) is 31.0. The van der Waals surface area contributed by atoms with Crippen LogP contribution in [0, 0.1) is 11.8 Å². The SMILES string of the molecule is CCN(CC1CCC(C(=O)O)CC1)c1cc2c(cc1CN(Cc1cc(C(F)(F)F)cc(C(F)(F)F)c1)c1nnn(CCO)n1)CCC2.Cl. The minimum Gasteiger partial charge on any atom is -0.481 e. The zero-order chi connectivity index (χ0) is 33.9. The fraction of sp³-hybridized carbons (Fsp3) is 0.562. The number of carboxylic acids is 1. The van der Waals surface area contributed by atoms with Gasteiger partial charge in [0.2, 0.25) is 0 Å². The molecule has 0 unspecified atom stereocenters. The maximum Gasteiger partial charge on any atom is 0.416 e. The number of nitrogens with zero attached hydrogens (tertiary/aromatic N) is 6. The van der Waals surface area contributed by atoms with E-state index >= 15 is 0 Å². The van der Waals surface area contributed by atoms with Crippen molar-refractivity contribution in [2.45, 2.75) is 83.9 Å². The van der Waals surface area contributed by atoms with Crippen molar-refractivity contribution in [2.24, 2.45) is 11.8 Å². The first-order chi connectivity index (χ1) is 22.2. The maximum atomic E-state index is 13.7. The van der Waals surface area contributed by atoms with Crippen molar-refractivity contribution in [1.29, 1.82) is 0 Å². The van der Waals surface area contributed by atoms with Gasteiger partial charge in [0.25, 0.3) is 5.95 Å². The monoisotopic (exact) mass is 704 g/mol. The normalized spacial score (nSPS) is 17.9. The molecule has 0 aliphatic heterocycles. The third-order valence-electron chi connectivity index (χ3n) is 9.10. The second-order valence-corrected chi connectivity index (χ2v) is 12.4. The number of rotatable bonds is 12. The Morgan fingerprint density at radius 3 is 2.10 bits per heavy atom. The van der Waals surface area contributed by atoms with Crippen molar-refractivity contribution in [3.63, 3.8) is 0 Å². The van der Waals surface area contributed by atoms with Crippen LogP contribution in [-0.2, 0) is 49.6 Å². The second kappa shape index (κ2) is 15.3. The predicted octanol–water partition coefficient (Wildman–Crippen LogP) is 6.54. The van der Waals surface area contributed by atoms with Crippen LogP contribution in [0.15, 0.2) is 30.3 Å². The molecule has 1 saturated carbocycles. The van der Waals surface area contributed by atoms with Crippen LogP contribution in [0.1, 0.15) is 72.4 Å². The summed E-state index contributed by atoms with van der Waals surface area (Å²) < 4.78 is 82.3. The molecular weight excluding hydrogens is 666 g/mol. The lowest BCUT2D eigenvalue weighted by Gasteiger charge is -2.34. The summed E-state index contributed by atoms with van der Waals surface area (Å²) in [5.74, 6) is -0.852. The number of anilines is 2. The van der Waals surface area contributed by atoms with E-state index in [9.17, 15) is 41.4 Å². The molecule has 16 heteroatoms. The van der Waals surface area contributed by atoms with Crippen LogP contribution >= 0.6 is 12.4 Å². The highest BCUT2D eigenvalue weighted by atomic mass is 35.5. The summed E-state index contributed by atoms with van der Waals surface area (Å²) in [5.41, 5.74) is 1.00. The highest BCUT2D eigenvalue weighted by molar-refractivity contribution is 5.85. The molecule has 0 spiro atoms. The Morgan fingerprint density at radius 2 is 1.54 bits per heavy atom. The van der Waals surface area contributed by atoms with E-state index in [1.54, 1.807) is 0 Å². The molecule has 1 fully saturated rings. The summed E-state index contributed by atoms with van der Waals surface area (Å²) in [4.78, 5) is 16.3. The first kappa shape index (κ1) is 37.2. The molecule has 5 rings (SSSR count). The molecular formula is C32H39ClF6N6O3. The van der Waals surface area contributed by atoms with Crippen molar-refractivity contribution in [1.82, 2.24) is 20.2 Å². The van der Waals surface area contributed by atoms with Crippen LogP contribution in [0.25, 0.3) is 0 Å². The van der Waals surface area contributed by atoms with E-state index in [1.807, 2.05) is 6.92 Å². The van der Waals surface area contributed by atoms with Gasteiger partial charge in [0.05, 0.1) is 30.2 Å². The van der Waals surface area contributed by atoms with Crippen molar-refractivity contribution < 1.29 is 41.4 Å². The average Bonchev–Trinajstić information content (AvgIpc) is 3.68. The molecule has 264 valence electrons. The molecule has 2 N–H and O–H groups in total. The Kier molecular flexibility index (Phi) is 11.9. The molecule has 9 nitrogen and oxygen atoms in total. The zero-order valence-corrected chi connectivity index (χ0v) is 27.2. The number of halogens is 7. The number of aryl methyl sites for hydroxylation is 2. The van der Waals surface area contributed by atoms with Crippen LogP contribution in [0.2, 0.25) is 0 Å². The molecule has 2 aliphatic rings. The Balaban J connectivity index is 0.00000520. The molecule has 2 aliphatic carbocycles. The standard InChI is InChI=1S/C32H38F6N6O3.ClH/c1-2-42(17-20-6-8-22(9-7-20)29(46)47)28-15-24-5-3-4-23(24)14-25(28)19-43(30-39-41-44(40-30)10-11-45)18-21-12-26(31(33,34)35)16-27(13-21)32(36,37)38;/h12-16,20,22,45H,2-11,17-19H2,1H3,(H,46,47);1H. The Labute approximate surface area is 280 Å². The molecule has 3 aromatic rings. The lowest BCUT2D eigenvalue weighted by molar-refractivity contribution is -0.144. The minimum atomic E-state index is -5.00. The first-order valence-corrected chi connectivity index (χ1v) is 15.8. The number of aliphatic hydroxyl groups excluding tert-OH is 1. The van der Waals surface area contributed by atoms with Gasteiger partial charge in [-0.1, -0.05) is 11.2 Å². The minimum absolute atomic E-state index is 0. The van der Waals surface area contributed by atoms with Gasteiger partial charge in [-0.25, -0.2) is 0 Å². The quantitative estimate of drug-likeness (QED) is 0.205. The predicted molar refractivity (Wildman–Crippen MR) is 168 cm³/mol. The van der Waals surface area contributed by atoms with E-state index in [0.717, 1.165) is 53.7 Å². The van der Waals surface area contributed by atoms with Gasteiger partial charge in [0.15, 0.2) is 0 Å². The van der Waals surface area contributed by atoms with Crippen molar-refractivity contribution >= 4 is 30.0 Å². The topological polar surface area (TPSA) is 108 Å². The molecule has 0 amide bonds. The van der Waals surface area contributed by atoms with Crippen LogP contribution < -0.4 is 9.80 Å². The Hall–Kier alpha value is -3.59. The number of fused-ring (bicyclic) bond motifs is 1. The van der Waals surface area contributed by atoms with Gasteiger partial charge in [0, 0.05) is 31.9 Å². The van der Waals surface area contributed by atoms with E-state index in [2.05, 4.69) is 32.4 Å². The number of aromatic nitrogens is 4. The summed E-state index contributed by atoms with van der Waals surface area (Å²) in [6.07, 6.45) is -4.53. The van der Waals surface area contributed by atoms with E-state index in [0.29, 0.717) is 38.1 Å². The molecule has 1 heterocycles. The van der Waals surface area contributed by atoms with Crippen LogP contribution in [0.5, 0.6) is 0 Å². The highest BCUT2D eigenvalue weighted by Crippen LogP contribution is 2.38. The van der Waals surface area contributed by atoms with E-state index in [-0.39, 0.29) is 68.1 Å². The maximum absolute atomic E-state index is 13.7. The van der Waals surface area contributed by atoms with E-state index in [4.69, 9.17) is 0 Å². The lowest BCUT2D eigenvalue weighted by atomic mass is 9.81. The van der Waals surface area contributed by atoms with Crippen LogP contribution in [0.3, 0.4) is 0 Å². The molecule has 0 atom stereocenters. The number of alkyl halides is 6. The van der Waals surface area contributed by atoms with Gasteiger partial charge in [-0.3, -0.25) is 4.79 Å². The third-order valence-corrected chi connectivity index (χ3v) is 9.10. The number of carboxylic acid groups (broad SMARTS) is 1. The summed E-state index contributed by atoms with van der Waals surface area (Å²) >= 11 is 0. The molecule has 0 saturated heterocycles. The van der Waals surface area contributed by atoms with Gasteiger partial charge >= 0.3 is 18.3 Å². The van der Waals surface area contributed by atoms with E-state index < -0.39 is 29.4 Å². The molecule has 1 aromatic heterocycles. The first-order valence-electron chi connectivity index (χ1n) is 15.8. The number of hydrogen-bond acceptors (Lipinski definition) is 7. The van der Waals surface area contributed by atoms with Gasteiger partial charge in [-0.15, -0.1) is 17.5 Å².